The second kappa shape index (κ2) is 47.8. The minimum atomic E-state index is -0.512. The summed E-state index contributed by atoms with van der Waals surface area (Å²) in [5.74, 6) is 26.6. The molecule has 12 aromatic rings. The summed E-state index contributed by atoms with van der Waals surface area (Å²) in [4.78, 5) is 87.4. The van der Waals surface area contributed by atoms with E-state index in [4.69, 9.17) is 61.5 Å². The van der Waals surface area contributed by atoms with Gasteiger partial charge in [0.25, 0.3) is 0 Å². The number of methoxy groups -OCH3 is 1. The van der Waals surface area contributed by atoms with Gasteiger partial charge in [0.05, 0.1) is 28.4 Å². The summed E-state index contributed by atoms with van der Waals surface area (Å²) >= 11 is 18.4. The Hall–Kier alpha value is -12.3. The summed E-state index contributed by atoms with van der Waals surface area (Å²) in [6, 6.07) is 54.2. The molecule has 652 valence electrons. The van der Waals surface area contributed by atoms with Crippen LogP contribution in [0.15, 0.2) is 207 Å². The van der Waals surface area contributed by atoms with Gasteiger partial charge < -0.3 is 46.5 Å². The molecular weight excluding hydrogens is 1650 g/mol. The Bertz CT molecular complexity index is 6080. The van der Waals surface area contributed by atoms with Crippen LogP contribution >= 0.6 is 34.8 Å². The zero-order chi connectivity index (χ0) is 90.2. The maximum absolute atomic E-state index is 12.7. The molecule has 1 unspecified atom stereocenters. The Balaban J connectivity index is 0.000000166. The Kier molecular flexibility index (Phi) is 35.9. The van der Waals surface area contributed by atoms with E-state index in [9.17, 15) is 29.1 Å². The molecule has 14 rings (SSSR count). The molecule has 22 heteroatoms. The highest BCUT2D eigenvalue weighted by atomic mass is 35.5. The van der Waals surface area contributed by atoms with Gasteiger partial charge in [0.15, 0.2) is 23.1 Å². The van der Waals surface area contributed by atoms with Gasteiger partial charge in [0.1, 0.15) is 23.1 Å². The fourth-order valence-corrected chi connectivity index (χ4v) is 15.1. The van der Waals surface area contributed by atoms with Crippen LogP contribution in [0, 0.1) is 47.4 Å². The molecule has 2 aliphatic rings. The maximum Gasteiger partial charge on any atom is 0.410 e. The molecule has 4 aromatic heterocycles. The number of piperazine rings is 1. The average Bonchev–Trinajstić information content (AvgIpc) is 0.810. The zero-order valence-electron chi connectivity index (χ0n) is 72.9. The first kappa shape index (κ1) is 95.3. The second-order valence-corrected chi connectivity index (χ2v) is 34.0. The number of fused-ring (bicyclic) bond motifs is 4. The van der Waals surface area contributed by atoms with Gasteiger partial charge in [0, 0.05) is 206 Å². The SMILES string of the molecule is CC(C)(C)OC(=O)N1CCN(CCCCC(=O)c2ccc(C#Cc3c(N)ncc4ccc(Cl)cc34)cc2)CC1.CN(C)CC(O)CCC(=O)c1ccc(C#Cc2c(N)ncc3ccc(Cl)cc23)cc1.COCCCCC(=O)c1ccc(C#Cc2c(N)ncc3ccc(Cl)cc23)cc1.O=C(CCCCN1CCCCC1)c1ccc(C#Cc2cncc3ccccc23)cc1. The number of aliphatic hydroxyl groups is 1. The number of ether oxygens (including phenoxy) is 2. The molecule has 6 heterocycles. The molecule has 127 heavy (non-hydrogen) atoms. The van der Waals surface area contributed by atoms with E-state index in [1.165, 1.54) is 32.4 Å². The number of rotatable bonds is 24. The summed E-state index contributed by atoms with van der Waals surface area (Å²) in [6.45, 7) is 14.3. The van der Waals surface area contributed by atoms with Crippen LogP contribution in [-0.2, 0) is 9.47 Å². The van der Waals surface area contributed by atoms with E-state index in [0.717, 1.165) is 141 Å². The number of halogens is 3. The molecule has 0 bridgehead atoms. The highest BCUT2D eigenvalue weighted by molar-refractivity contribution is 6.32. The lowest BCUT2D eigenvalue weighted by atomic mass is 10.0. The molecule has 1 amide bonds. The van der Waals surface area contributed by atoms with Crippen LogP contribution < -0.4 is 17.2 Å². The van der Waals surface area contributed by atoms with Gasteiger partial charge in [-0.1, -0.05) is 180 Å². The summed E-state index contributed by atoms with van der Waals surface area (Å²) in [5.41, 5.74) is 26.5. The van der Waals surface area contributed by atoms with Gasteiger partial charge in [0.2, 0.25) is 0 Å². The van der Waals surface area contributed by atoms with E-state index >= 15 is 0 Å². The van der Waals surface area contributed by atoms with Gasteiger partial charge in [-0.25, -0.2) is 19.7 Å². The number of carbonyl (C=O) groups is 5. The number of piperidine rings is 1. The van der Waals surface area contributed by atoms with Crippen molar-refractivity contribution in [3.05, 3.63) is 289 Å². The van der Waals surface area contributed by atoms with E-state index in [1.807, 2.05) is 185 Å². The number of carbonyl (C=O) groups excluding carboxylic acids is 5. The number of nitrogens with two attached hydrogens (primary N) is 3. The first-order chi connectivity index (χ1) is 61.3. The van der Waals surface area contributed by atoms with Crippen molar-refractivity contribution in [1.82, 2.24) is 39.5 Å². The summed E-state index contributed by atoms with van der Waals surface area (Å²) in [7, 11) is 5.45. The normalized spacial score (nSPS) is 12.8. The van der Waals surface area contributed by atoms with Crippen molar-refractivity contribution in [2.45, 2.75) is 122 Å². The Labute approximate surface area is 760 Å². The maximum atomic E-state index is 12.7. The number of nitrogens with zero attached hydrogens (tertiary/aromatic N) is 8. The summed E-state index contributed by atoms with van der Waals surface area (Å²) < 4.78 is 10.5. The number of likely N-dealkylation sites (tertiary alicyclic amines) is 1. The fourth-order valence-electron chi connectivity index (χ4n) is 14.5. The van der Waals surface area contributed by atoms with Gasteiger partial charge in [-0.3, -0.25) is 29.1 Å². The molecule has 0 aliphatic carbocycles. The highest BCUT2D eigenvalue weighted by Crippen LogP contribution is 2.30. The monoisotopic (exact) mass is 1760 g/mol. The Morgan fingerprint density at radius 2 is 0.819 bits per heavy atom. The minimum Gasteiger partial charge on any atom is -0.444 e. The predicted molar refractivity (Wildman–Crippen MR) is 514 cm³/mol. The van der Waals surface area contributed by atoms with Crippen LogP contribution in [0.5, 0.6) is 0 Å². The van der Waals surface area contributed by atoms with Crippen LogP contribution in [0.3, 0.4) is 0 Å². The van der Waals surface area contributed by atoms with Crippen LogP contribution in [0.1, 0.15) is 197 Å². The number of hydrogen-bond donors (Lipinski definition) is 4. The van der Waals surface area contributed by atoms with Crippen LogP contribution in [0.2, 0.25) is 15.1 Å². The molecule has 2 aliphatic heterocycles. The van der Waals surface area contributed by atoms with Gasteiger partial charge >= 0.3 is 6.09 Å². The summed E-state index contributed by atoms with van der Waals surface area (Å²) in [6.07, 6.45) is 20.0. The smallest absolute Gasteiger partial charge is 0.410 e. The summed E-state index contributed by atoms with van der Waals surface area (Å²) in [5, 5.41) is 19.3. The van der Waals surface area contributed by atoms with E-state index in [-0.39, 0.29) is 29.2 Å². The fraction of sp³-hybridized carbons (Fsp3) is 0.305. The third kappa shape index (κ3) is 29.6. The Morgan fingerprint density at radius 1 is 0.441 bits per heavy atom. The number of aliphatic hydroxyl groups excluding tert-OH is 1. The van der Waals surface area contributed by atoms with E-state index < -0.39 is 11.7 Å². The van der Waals surface area contributed by atoms with Crippen LogP contribution in [0.25, 0.3) is 43.1 Å². The number of pyridine rings is 4. The lowest BCUT2D eigenvalue weighted by Crippen LogP contribution is -2.50. The molecule has 0 saturated carbocycles. The van der Waals surface area contributed by atoms with Crippen LogP contribution in [-0.4, -0.2) is 172 Å². The lowest BCUT2D eigenvalue weighted by Gasteiger charge is -2.35. The number of aromatic nitrogens is 4. The number of benzene rings is 8. The first-order valence-electron chi connectivity index (χ1n) is 43.0. The van der Waals surface area contributed by atoms with Crippen molar-refractivity contribution in [1.29, 1.82) is 0 Å². The van der Waals surface area contributed by atoms with Crippen LogP contribution in [0.4, 0.5) is 22.2 Å². The molecule has 2 saturated heterocycles. The van der Waals surface area contributed by atoms with Crippen molar-refractivity contribution in [3.8, 4) is 47.4 Å². The predicted octanol–water partition coefficient (Wildman–Crippen LogP) is 19.9. The standard InChI is InChI=1S/C31H35ClN4O3.C27H28N2O.C24H24ClN3O2.C23H21ClN2O2/c1-31(2,3)39-30(38)36-18-16-35(17-19-36)15-5-4-6-28(37)23-10-7-22(8-11-23)9-14-26-27-20-25(32)13-12-24(27)21-34-29(26)33;30-27(10-4-7-19-29-17-5-1-6-18-29)23-14-11-22(12-15-23)13-16-25-21-28-20-24-8-2-3-9-26(24)25;1-28(2)15-20(29)10-12-23(30)17-6-3-16(4-7-17)5-11-21-22-13-19(25)9-8-18(22)14-27-24(21)26;1-28-13-3-2-4-22(27)17-8-5-16(6-9-17)7-12-20-21-14-19(24)11-10-18(21)15-26-23(20)25/h7-8,10-13,20-21H,4-6,15-19H2,1-3H3,(H2,33,34);2-3,8-9,11-12,14-15,20-21H,1,4-7,10,17-19H2;3-4,6-9,13-14,20,29H,10,12,15H2,1-2H3,(H2,26,27);5-6,8-11,14-15H,2-4,13H2,1H3,(H2,25,26). The molecule has 0 radical (unpaired) electrons. The first-order valence-corrected chi connectivity index (χ1v) is 44.1. The molecule has 7 N–H and O–H groups in total. The number of ketones is 4. The topological polar surface area (TPSA) is 267 Å². The number of anilines is 3. The molecule has 19 nitrogen and oxygen atoms in total. The molecule has 1 atom stereocenters. The van der Waals surface area contributed by atoms with Crippen molar-refractivity contribution in [3.63, 3.8) is 0 Å². The zero-order valence-corrected chi connectivity index (χ0v) is 75.2. The van der Waals surface area contributed by atoms with E-state index in [1.54, 1.807) is 67.1 Å². The molecule has 2 fully saturated rings. The largest absolute Gasteiger partial charge is 0.444 e. The average molecular weight is 1760 g/mol. The van der Waals surface area contributed by atoms with Crippen molar-refractivity contribution < 1.29 is 38.6 Å². The number of likely N-dealkylation sites (N-methyl/N-ethyl adjacent to an activating group) is 1. The van der Waals surface area contributed by atoms with E-state index in [0.29, 0.717) is 124 Å². The molecule has 8 aromatic carbocycles. The third-order valence-electron chi connectivity index (χ3n) is 21.5. The lowest BCUT2D eigenvalue weighted by molar-refractivity contribution is 0.0143. The van der Waals surface area contributed by atoms with Crippen molar-refractivity contribution in [2.75, 3.05) is 104 Å². The van der Waals surface area contributed by atoms with Crippen molar-refractivity contribution >= 4 is 125 Å². The van der Waals surface area contributed by atoms with Gasteiger partial charge in [-0.15, -0.1) is 0 Å². The van der Waals surface area contributed by atoms with E-state index in [2.05, 4.69) is 83.2 Å². The van der Waals surface area contributed by atoms with Gasteiger partial charge in [-0.05, 0) is 204 Å². The minimum absolute atomic E-state index is 0.00413. The number of Topliss-reactive ketones (excluding diaryl/α,β-unsaturated/α-hetero) is 4. The van der Waals surface area contributed by atoms with Crippen molar-refractivity contribution in [2.24, 2.45) is 0 Å². The second-order valence-electron chi connectivity index (χ2n) is 32.7. The van der Waals surface area contributed by atoms with Gasteiger partial charge in [-0.2, -0.15) is 0 Å². The third-order valence-corrected chi connectivity index (χ3v) is 22.2. The highest BCUT2D eigenvalue weighted by Gasteiger charge is 2.26. The Morgan fingerprint density at radius 3 is 1.22 bits per heavy atom. The quantitative estimate of drug-likeness (QED) is 0.0249. The number of unbranched alkanes of at least 4 members (excludes halogenated alkanes) is 3. The number of nitrogen functional groups attached to an aromatic ring is 3. The number of hydrogen-bond acceptors (Lipinski definition) is 18. The molecular formula is C105H108Cl3N11O8. The number of amides is 1. The molecule has 0 spiro atoms.